The molecule has 2 atom stereocenters. The summed E-state index contributed by atoms with van der Waals surface area (Å²) < 4.78 is 16.6. The van der Waals surface area contributed by atoms with Crippen molar-refractivity contribution >= 4 is 11.7 Å². The molecule has 2 aromatic rings. The van der Waals surface area contributed by atoms with Gasteiger partial charge in [0.25, 0.3) is 0 Å². The summed E-state index contributed by atoms with van der Waals surface area (Å²) in [5.74, 6) is 1.47. The second-order valence-electron chi connectivity index (χ2n) is 6.31. The maximum absolute atomic E-state index is 12.3. The number of ether oxygens (including phenoxy) is 2. The van der Waals surface area contributed by atoms with Crippen molar-refractivity contribution in [1.29, 1.82) is 0 Å². The third kappa shape index (κ3) is 5.00. The quantitative estimate of drug-likeness (QED) is 0.795. The average molecular weight is 359 g/mol. The number of hydrogen-bond acceptors (Lipinski definition) is 5. The third-order valence-corrected chi connectivity index (χ3v) is 4.22. The van der Waals surface area contributed by atoms with Crippen molar-refractivity contribution < 1.29 is 18.7 Å². The molecule has 0 saturated carbocycles. The highest BCUT2D eigenvalue weighted by atomic mass is 16.5. The number of likely N-dealkylation sites (tertiary alicyclic amines) is 1. The molecule has 7 nitrogen and oxygen atoms in total. The molecule has 0 spiro atoms. The number of anilines is 1. The molecule has 0 radical (unpaired) electrons. The van der Waals surface area contributed by atoms with Gasteiger partial charge in [-0.3, -0.25) is 0 Å². The van der Waals surface area contributed by atoms with Crippen LogP contribution in [0.2, 0.25) is 0 Å². The first kappa shape index (κ1) is 18.3. The first-order valence-electron chi connectivity index (χ1n) is 8.77. The molecule has 1 aromatic carbocycles. The van der Waals surface area contributed by atoms with Crippen molar-refractivity contribution in [2.45, 2.75) is 25.7 Å². The maximum atomic E-state index is 12.3. The van der Waals surface area contributed by atoms with Crippen LogP contribution in [0, 0.1) is 0 Å². The van der Waals surface area contributed by atoms with Crippen molar-refractivity contribution in [3.8, 4) is 5.75 Å². The zero-order valence-electron chi connectivity index (χ0n) is 15.1. The van der Waals surface area contributed by atoms with Crippen molar-refractivity contribution in [3.63, 3.8) is 0 Å². The second kappa shape index (κ2) is 8.73. The van der Waals surface area contributed by atoms with Crippen LogP contribution in [0.1, 0.15) is 12.7 Å². The average Bonchev–Trinajstić information content (AvgIpc) is 3.25. The molecule has 0 aliphatic carbocycles. The minimum atomic E-state index is -0.237. The number of nitrogens with zero attached hydrogens (tertiary/aromatic N) is 1. The lowest BCUT2D eigenvalue weighted by atomic mass is 10.2. The van der Waals surface area contributed by atoms with Crippen molar-refractivity contribution in [3.05, 3.63) is 48.4 Å². The molecule has 1 aromatic heterocycles. The smallest absolute Gasteiger partial charge is 0.319 e. The maximum Gasteiger partial charge on any atom is 0.319 e. The first-order valence-corrected chi connectivity index (χ1v) is 8.77. The first-order chi connectivity index (χ1) is 12.6. The van der Waals surface area contributed by atoms with Crippen LogP contribution in [-0.2, 0) is 11.3 Å². The van der Waals surface area contributed by atoms with Crippen LogP contribution in [0.3, 0.4) is 0 Å². The van der Waals surface area contributed by atoms with E-state index in [-0.39, 0.29) is 18.2 Å². The van der Waals surface area contributed by atoms with E-state index in [1.165, 1.54) is 0 Å². The SMILES string of the molecule is CCO[C@H]1CN(C)C[C@@H]1NC(=O)Nc1ccc(OCc2ccco2)cc1. The van der Waals surface area contributed by atoms with E-state index < -0.39 is 0 Å². The molecular weight excluding hydrogens is 334 g/mol. The molecule has 0 bridgehead atoms. The largest absolute Gasteiger partial charge is 0.486 e. The Labute approximate surface area is 153 Å². The molecule has 26 heavy (non-hydrogen) atoms. The molecule has 0 unspecified atom stereocenters. The number of benzene rings is 1. The summed E-state index contributed by atoms with van der Waals surface area (Å²) in [6.45, 7) is 4.56. The minimum absolute atomic E-state index is 0.0177. The van der Waals surface area contributed by atoms with Crippen molar-refractivity contribution in [2.24, 2.45) is 0 Å². The summed E-state index contributed by atoms with van der Waals surface area (Å²) in [5, 5.41) is 5.84. The molecule has 2 N–H and O–H groups in total. The highest BCUT2D eigenvalue weighted by molar-refractivity contribution is 5.89. The van der Waals surface area contributed by atoms with Gasteiger partial charge in [-0.2, -0.15) is 0 Å². The van der Waals surface area contributed by atoms with E-state index in [1.807, 2.05) is 38.2 Å². The van der Waals surface area contributed by atoms with E-state index >= 15 is 0 Å². The van der Waals surface area contributed by atoms with Crippen LogP contribution >= 0.6 is 0 Å². The van der Waals surface area contributed by atoms with Gasteiger partial charge in [0, 0.05) is 25.4 Å². The minimum Gasteiger partial charge on any atom is -0.486 e. The van der Waals surface area contributed by atoms with Crippen LogP contribution in [0.25, 0.3) is 0 Å². The van der Waals surface area contributed by atoms with Crippen LogP contribution in [0.5, 0.6) is 5.75 Å². The summed E-state index contributed by atoms with van der Waals surface area (Å²) in [6, 6.07) is 10.7. The van der Waals surface area contributed by atoms with Gasteiger partial charge in [0.2, 0.25) is 0 Å². The van der Waals surface area contributed by atoms with E-state index in [9.17, 15) is 4.79 Å². The van der Waals surface area contributed by atoms with Gasteiger partial charge in [0.15, 0.2) is 0 Å². The summed E-state index contributed by atoms with van der Waals surface area (Å²) in [4.78, 5) is 14.4. The Kier molecular flexibility index (Phi) is 6.14. The van der Waals surface area contributed by atoms with Gasteiger partial charge < -0.3 is 29.4 Å². The Bertz CT molecular complexity index is 687. The van der Waals surface area contributed by atoms with Gasteiger partial charge in [-0.25, -0.2) is 4.79 Å². The lowest BCUT2D eigenvalue weighted by Gasteiger charge is -2.20. The number of amides is 2. The van der Waals surface area contributed by atoms with Crippen LogP contribution in [0.4, 0.5) is 10.5 Å². The highest BCUT2D eigenvalue weighted by Crippen LogP contribution is 2.18. The number of nitrogens with one attached hydrogen (secondary N) is 2. The molecule has 1 saturated heterocycles. The fraction of sp³-hybridized carbons (Fsp3) is 0.421. The van der Waals surface area contributed by atoms with Crippen molar-refractivity contribution in [1.82, 2.24) is 10.2 Å². The summed E-state index contributed by atoms with van der Waals surface area (Å²) in [5.41, 5.74) is 0.701. The van der Waals surface area contributed by atoms with Gasteiger partial charge in [0.05, 0.1) is 18.4 Å². The van der Waals surface area contributed by atoms with Gasteiger partial charge in [-0.05, 0) is 50.4 Å². The summed E-state index contributed by atoms with van der Waals surface area (Å²) in [6.07, 6.45) is 1.64. The topological polar surface area (TPSA) is 76.0 Å². The van der Waals surface area contributed by atoms with E-state index in [0.29, 0.717) is 24.7 Å². The molecule has 1 aliphatic rings. The van der Waals surface area contributed by atoms with Crippen LogP contribution in [-0.4, -0.2) is 49.8 Å². The molecule has 2 amide bonds. The van der Waals surface area contributed by atoms with Crippen LogP contribution < -0.4 is 15.4 Å². The van der Waals surface area contributed by atoms with Crippen LogP contribution in [0.15, 0.2) is 47.1 Å². The zero-order chi connectivity index (χ0) is 18.4. The number of carbonyl (C=O) groups excluding carboxylic acids is 1. The monoisotopic (exact) mass is 359 g/mol. The van der Waals surface area contributed by atoms with E-state index in [2.05, 4.69) is 15.5 Å². The molecule has 1 fully saturated rings. The van der Waals surface area contributed by atoms with E-state index in [0.717, 1.165) is 18.8 Å². The number of hydrogen-bond donors (Lipinski definition) is 2. The predicted molar refractivity (Wildman–Crippen MR) is 98.3 cm³/mol. The lowest BCUT2D eigenvalue weighted by Crippen LogP contribution is -2.45. The van der Waals surface area contributed by atoms with Gasteiger partial charge in [-0.15, -0.1) is 0 Å². The molecular formula is C19H25N3O4. The predicted octanol–water partition coefficient (Wildman–Crippen LogP) is 2.70. The zero-order valence-corrected chi connectivity index (χ0v) is 15.1. The number of carbonyl (C=O) groups is 1. The van der Waals surface area contributed by atoms with Gasteiger partial charge >= 0.3 is 6.03 Å². The standard InChI is InChI=1S/C19H25N3O4/c1-3-24-18-12-22(2)11-17(18)21-19(23)20-14-6-8-15(9-7-14)26-13-16-5-4-10-25-16/h4-10,17-18H,3,11-13H2,1-2H3,(H2,20,21,23)/t17-,18-/m0/s1. The fourth-order valence-electron chi connectivity index (χ4n) is 3.00. The summed E-state index contributed by atoms with van der Waals surface area (Å²) in [7, 11) is 2.02. The molecule has 3 rings (SSSR count). The van der Waals surface area contributed by atoms with Crippen molar-refractivity contribution in [2.75, 3.05) is 32.1 Å². The third-order valence-electron chi connectivity index (χ3n) is 4.22. The number of likely N-dealkylation sites (N-methyl/N-ethyl adjacent to an activating group) is 1. The van der Waals surface area contributed by atoms with E-state index in [4.69, 9.17) is 13.9 Å². The summed E-state index contributed by atoms with van der Waals surface area (Å²) >= 11 is 0. The Morgan fingerprint density at radius 3 is 2.77 bits per heavy atom. The Balaban J connectivity index is 1.48. The Hall–Kier alpha value is -2.51. The molecule has 7 heteroatoms. The second-order valence-corrected chi connectivity index (χ2v) is 6.31. The van der Waals surface area contributed by atoms with Gasteiger partial charge in [-0.1, -0.05) is 0 Å². The molecule has 140 valence electrons. The van der Waals surface area contributed by atoms with Gasteiger partial charge in [0.1, 0.15) is 18.1 Å². The fourth-order valence-corrected chi connectivity index (χ4v) is 3.00. The lowest BCUT2D eigenvalue weighted by molar-refractivity contribution is 0.0568. The molecule has 2 heterocycles. The highest BCUT2D eigenvalue weighted by Gasteiger charge is 2.32. The number of urea groups is 1. The van der Waals surface area contributed by atoms with E-state index in [1.54, 1.807) is 18.4 Å². The normalized spacial score (nSPS) is 20.1. The number of furan rings is 1. The number of rotatable bonds is 7. The Morgan fingerprint density at radius 2 is 2.08 bits per heavy atom. The Morgan fingerprint density at radius 1 is 1.27 bits per heavy atom. The molecule has 1 aliphatic heterocycles.